The Morgan fingerprint density at radius 1 is 1.19 bits per heavy atom. The molecular weight excluding hydrogens is 423 g/mol. The lowest BCUT2D eigenvalue weighted by molar-refractivity contribution is -0.126. The van der Waals surface area contributed by atoms with Gasteiger partial charge in [0.15, 0.2) is 0 Å². The van der Waals surface area contributed by atoms with Crippen LogP contribution in [0.5, 0.6) is 0 Å². The second-order valence-electron chi connectivity index (χ2n) is 8.63. The molecule has 1 spiro atoms. The molecule has 5 nitrogen and oxygen atoms in total. The van der Waals surface area contributed by atoms with Crippen LogP contribution < -0.4 is 15.5 Å². The Hall–Kier alpha value is -2.55. The van der Waals surface area contributed by atoms with E-state index in [1.165, 1.54) is 0 Å². The van der Waals surface area contributed by atoms with E-state index in [0.29, 0.717) is 16.8 Å². The third kappa shape index (κ3) is 4.15. The molecule has 1 aliphatic heterocycles. The molecule has 0 amide bonds. The largest absolute Gasteiger partial charge is 0.393 e. The molecule has 3 aromatic rings. The van der Waals surface area contributed by atoms with Crippen molar-refractivity contribution in [2.45, 2.75) is 37.9 Å². The van der Waals surface area contributed by atoms with Gasteiger partial charge in [-0.25, -0.2) is 4.98 Å². The van der Waals surface area contributed by atoms with Crippen molar-refractivity contribution in [1.82, 2.24) is 9.97 Å². The lowest BCUT2D eigenvalue weighted by Crippen LogP contribution is -2.46. The zero-order valence-electron chi connectivity index (χ0n) is 17.2. The number of hydrogen-bond donors (Lipinski definition) is 2. The molecule has 5 rings (SSSR count). The number of alkyl halides is 3. The van der Waals surface area contributed by atoms with Crippen LogP contribution in [0.2, 0.25) is 0 Å². The second-order valence-corrected chi connectivity index (χ2v) is 9.75. The average Bonchev–Trinajstić information content (AvgIpc) is 3.30. The number of fused-ring (bicyclic) bond motifs is 1. The Labute approximate surface area is 182 Å². The van der Waals surface area contributed by atoms with Gasteiger partial charge in [0.2, 0.25) is 5.95 Å². The first kappa shape index (κ1) is 20.4. The van der Waals surface area contributed by atoms with Gasteiger partial charge >= 0.3 is 6.18 Å². The van der Waals surface area contributed by atoms with Crippen LogP contribution in [0.15, 0.2) is 36.4 Å². The van der Waals surface area contributed by atoms with Crippen molar-refractivity contribution in [3.05, 3.63) is 41.3 Å². The summed E-state index contributed by atoms with van der Waals surface area (Å²) < 4.78 is 38.7. The third-order valence-electron chi connectivity index (χ3n) is 6.26. The van der Waals surface area contributed by atoms with Crippen LogP contribution in [-0.4, -0.2) is 42.3 Å². The maximum absolute atomic E-state index is 12.9. The lowest BCUT2D eigenvalue weighted by atomic mass is 9.65. The maximum Gasteiger partial charge on any atom is 0.393 e. The Kier molecular flexibility index (Phi) is 4.96. The molecule has 1 saturated carbocycles. The molecule has 164 valence electrons. The van der Waals surface area contributed by atoms with Crippen LogP contribution in [0.4, 0.5) is 30.6 Å². The molecule has 9 heteroatoms. The predicted molar refractivity (Wildman–Crippen MR) is 119 cm³/mol. The normalized spacial score (nSPS) is 23.4. The number of hydrogen-bond acceptors (Lipinski definition) is 6. The van der Waals surface area contributed by atoms with Crippen LogP contribution in [0.1, 0.15) is 24.1 Å². The predicted octanol–water partition coefficient (Wildman–Crippen LogP) is 5.31. The highest BCUT2D eigenvalue weighted by atomic mass is 32.1. The van der Waals surface area contributed by atoms with Gasteiger partial charge in [-0.3, -0.25) is 0 Å². The quantitative estimate of drug-likeness (QED) is 0.555. The summed E-state index contributed by atoms with van der Waals surface area (Å²) in [4.78, 5) is 12.1. The lowest BCUT2D eigenvalue weighted by Gasteiger charge is -2.46. The topological polar surface area (TPSA) is 53.1 Å². The number of benzene rings is 1. The van der Waals surface area contributed by atoms with E-state index in [4.69, 9.17) is 0 Å². The van der Waals surface area contributed by atoms with Crippen molar-refractivity contribution in [2.75, 3.05) is 35.7 Å². The number of thiophene rings is 1. The molecule has 0 unspecified atom stereocenters. The monoisotopic (exact) mass is 447 g/mol. The van der Waals surface area contributed by atoms with Crippen LogP contribution in [-0.2, 0) is 6.42 Å². The summed E-state index contributed by atoms with van der Waals surface area (Å²) in [6.45, 7) is 1.73. The van der Waals surface area contributed by atoms with E-state index in [-0.39, 0.29) is 10.3 Å². The highest BCUT2D eigenvalue weighted by molar-refractivity contribution is 7.18. The smallest absolute Gasteiger partial charge is 0.382 e. The summed E-state index contributed by atoms with van der Waals surface area (Å²) in [5, 5.41) is 7.27. The van der Waals surface area contributed by atoms with Crippen molar-refractivity contribution in [2.24, 2.45) is 5.41 Å². The number of anilines is 3. The summed E-state index contributed by atoms with van der Waals surface area (Å²) >= 11 is 1.10. The van der Waals surface area contributed by atoms with Crippen molar-refractivity contribution in [1.29, 1.82) is 0 Å². The van der Waals surface area contributed by atoms with Crippen LogP contribution in [0.25, 0.3) is 10.2 Å². The third-order valence-corrected chi connectivity index (χ3v) is 7.29. The minimum absolute atomic E-state index is 0.244. The Balaban J connectivity index is 1.34. The number of nitrogens with one attached hydrogen (secondary N) is 2. The second kappa shape index (κ2) is 7.55. The van der Waals surface area contributed by atoms with Crippen LogP contribution in [0.3, 0.4) is 0 Å². The van der Waals surface area contributed by atoms with Crippen molar-refractivity contribution in [3.63, 3.8) is 0 Å². The molecule has 2 aliphatic rings. The summed E-state index contributed by atoms with van der Waals surface area (Å²) in [7, 11) is 1.73. The van der Waals surface area contributed by atoms with Gasteiger partial charge in [-0.1, -0.05) is 18.2 Å². The fourth-order valence-corrected chi connectivity index (χ4v) is 5.95. The highest BCUT2D eigenvalue weighted by Crippen LogP contribution is 2.50. The van der Waals surface area contributed by atoms with Gasteiger partial charge in [-0.2, -0.15) is 18.2 Å². The number of rotatable bonds is 5. The van der Waals surface area contributed by atoms with Gasteiger partial charge in [-0.15, -0.1) is 11.3 Å². The molecule has 3 heterocycles. The molecule has 1 saturated heterocycles. The fraction of sp³-hybridized carbons (Fsp3) is 0.455. The molecule has 0 bridgehead atoms. The Bertz CT molecular complexity index is 1080. The van der Waals surface area contributed by atoms with Crippen molar-refractivity contribution < 1.29 is 13.2 Å². The number of halogens is 3. The molecule has 0 atom stereocenters. The number of nitrogens with zero attached hydrogens (tertiary/aromatic N) is 3. The Morgan fingerprint density at radius 2 is 1.97 bits per heavy atom. The van der Waals surface area contributed by atoms with E-state index in [1.807, 2.05) is 18.2 Å². The molecule has 31 heavy (non-hydrogen) atoms. The maximum atomic E-state index is 12.9. The summed E-state index contributed by atoms with van der Waals surface area (Å²) in [6.07, 6.45) is -1.91. The zero-order chi connectivity index (χ0) is 21.6. The number of aromatic nitrogens is 2. The van der Waals surface area contributed by atoms with Gasteiger partial charge in [0.25, 0.3) is 0 Å². The molecule has 1 aromatic carbocycles. The summed E-state index contributed by atoms with van der Waals surface area (Å²) in [5.74, 6) is 1.19. The zero-order valence-corrected chi connectivity index (χ0v) is 18.0. The highest BCUT2D eigenvalue weighted by Gasteiger charge is 2.49. The molecule has 2 fully saturated rings. The van der Waals surface area contributed by atoms with E-state index in [9.17, 15) is 13.2 Å². The number of para-hydroxylation sites is 1. The van der Waals surface area contributed by atoms with E-state index in [2.05, 4.69) is 37.6 Å². The average molecular weight is 448 g/mol. The molecule has 1 aliphatic carbocycles. The molecule has 2 N–H and O–H groups in total. The van der Waals surface area contributed by atoms with Gasteiger partial charge in [-0.05, 0) is 42.9 Å². The summed E-state index contributed by atoms with van der Waals surface area (Å²) in [5.41, 5.74) is 1.39. The molecule has 0 radical (unpaired) electrons. The van der Waals surface area contributed by atoms with Crippen molar-refractivity contribution >= 4 is 39.0 Å². The van der Waals surface area contributed by atoms with Crippen molar-refractivity contribution in [3.8, 4) is 0 Å². The van der Waals surface area contributed by atoms with Gasteiger partial charge < -0.3 is 15.5 Å². The standard InChI is InChI=1S/C22H24F3N5S/c1-26-20-28-18(17-9-16(12-22(23,24)25)31-19(17)29-20)30-8-7-21(13-30)10-15(11-21)27-14-5-3-2-4-6-14/h2-6,9,15,27H,7-8,10-13H2,1H3,(H,26,28,29). The molecular formula is C22H24F3N5S. The minimum Gasteiger partial charge on any atom is -0.382 e. The first-order valence-electron chi connectivity index (χ1n) is 10.4. The van der Waals surface area contributed by atoms with Gasteiger partial charge in [0.05, 0.1) is 11.8 Å². The first-order valence-corrected chi connectivity index (χ1v) is 11.3. The van der Waals surface area contributed by atoms with Crippen LogP contribution in [0, 0.1) is 5.41 Å². The van der Waals surface area contributed by atoms with E-state index >= 15 is 0 Å². The van der Waals surface area contributed by atoms with Gasteiger partial charge in [0, 0.05) is 36.7 Å². The van der Waals surface area contributed by atoms with Gasteiger partial charge in [0.1, 0.15) is 10.6 Å². The Morgan fingerprint density at radius 3 is 2.68 bits per heavy atom. The van der Waals surface area contributed by atoms with E-state index in [0.717, 1.165) is 60.6 Å². The SMILES string of the molecule is CNc1nc(N2CCC3(CC(Nc4ccccc4)C3)C2)c2cc(CC(F)(F)F)sc2n1. The van der Waals surface area contributed by atoms with E-state index < -0.39 is 12.6 Å². The minimum atomic E-state index is -4.23. The van der Waals surface area contributed by atoms with E-state index in [1.54, 1.807) is 13.1 Å². The first-order chi connectivity index (χ1) is 14.8. The summed E-state index contributed by atoms with van der Waals surface area (Å²) in [6, 6.07) is 12.3. The molecule has 2 aromatic heterocycles. The van der Waals surface area contributed by atoms with Crippen LogP contribution >= 0.6 is 11.3 Å². The fourth-order valence-electron chi connectivity index (χ4n) is 4.90.